The molecule has 1 aliphatic rings. The standard InChI is InChI=1S/C24H25Cl2N3O3S/c1-27-22-13-20(12-21(26)24(22)32-10-7-25)29-9-6-19-11-17(3-4-23(19)29)5-8-28-14-18(15-28)16-33(2,30)31/h3-4,6,9,11-13,18H,5,7-8,10,14-16H2,2H3. The van der Waals surface area contributed by atoms with Crippen LogP contribution in [0.25, 0.3) is 21.4 Å². The van der Waals surface area contributed by atoms with Gasteiger partial charge in [-0.15, -0.1) is 11.6 Å². The van der Waals surface area contributed by atoms with Crippen molar-refractivity contribution in [2.45, 2.75) is 6.42 Å². The minimum Gasteiger partial charge on any atom is -0.502 e. The Morgan fingerprint density at radius 1 is 1.21 bits per heavy atom. The SMILES string of the molecule is [C-]#[N+]c1cc(-n2ccc3cc(CCN4CC(CS(C)(=O)=O)C4)ccc32)cc(Cl)c1OCCCl. The number of ether oxygens (including phenoxy) is 1. The van der Waals surface area contributed by atoms with Crippen LogP contribution < -0.4 is 4.74 Å². The van der Waals surface area contributed by atoms with Crippen LogP contribution in [0.5, 0.6) is 5.75 Å². The maximum Gasteiger partial charge on any atom is 0.231 e. The van der Waals surface area contributed by atoms with E-state index in [-0.39, 0.29) is 18.3 Å². The van der Waals surface area contributed by atoms with Crippen LogP contribution in [0.15, 0.2) is 42.6 Å². The van der Waals surface area contributed by atoms with Crippen molar-refractivity contribution in [3.63, 3.8) is 0 Å². The highest BCUT2D eigenvalue weighted by Crippen LogP contribution is 2.38. The molecular formula is C24H25Cl2N3O3S. The Balaban J connectivity index is 1.47. The first kappa shape index (κ1) is 23.9. The van der Waals surface area contributed by atoms with E-state index in [0.29, 0.717) is 22.3 Å². The Morgan fingerprint density at radius 2 is 2.00 bits per heavy atom. The molecule has 0 spiro atoms. The minimum absolute atomic E-state index is 0.260. The normalized spacial score (nSPS) is 14.8. The molecule has 0 amide bonds. The summed E-state index contributed by atoms with van der Waals surface area (Å²) in [6, 6.07) is 12.0. The number of sulfone groups is 1. The molecule has 2 aromatic carbocycles. The summed E-state index contributed by atoms with van der Waals surface area (Å²) < 4.78 is 30.4. The number of nitrogens with zero attached hydrogens (tertiary/aromatic N) is 3. The Bertz CT molecular complexity index is 1310. The number of alkyl halides is 1. The van der Waals surface area contributed by atoms with Crippen LogP contribution in [0, 0.1) is 12.5 Å². The molecule has 33 heavy (non-hydrogen) atoms. The lowest BCUT2D eigenvalue weighted by molar-refractivity contribution is 0.117. The molecule has 9 heteroatoms. The summed E-state index contributed by atoms with van der Waals surface area (Å²) in [6.45, 7) is 10.4. The van der Waals surface area contributed by atoms with Gasteiger partial charge in [-0.05, 0) is 48.2 Å². The Hall–Kier alpha value is -2.24. The van der Waals surface area contributed by atoms with Gasteiger partial charge in [0.1, 0.15) is 15.6 Å². The van der Waals surface area contributed by atoms with Crippen LogP contribution in [0.1, 0.15) is 5.56 Å². The van der Waals surface area contributed by atoms with Gasteiger partial charge in [-0.25, -0.2) is 13.3 Å². The average molecular weight is 506 g/mol. The lowest BCUT2D eigenvalue weighted by Gasteiger charge is -2.39. The predicted octanol–water partition coefficient (Wildman–Crippen LogP) is 4.97. The zero-order valence-corrected chi connectivity index (χ0v) is 20.6. The molecule has 0 aliphatic carbocycles. The van der Waals surface area contributed by atoms with Crippen molar-refractivity contribution in [1.82, 2.24) is 9.47 Å². The number of hydrogen-bond acceptors (Lipinski definition) is 4. The molecule has 1 aliphatic heterocycles. The van der Waals surface area contributed by atoms with Gasteiger partial charge in [-0.2, -0.15) is 0 Å². The van der Waals surface area contributed by atoms with E-state index in [9.17, 15) is 8.42 Å². The number of aromatic nitrogens is 1. The van der Waals surface area contributed by atoms with E-state index >= 15 is 0 Å². The number of fused-ring (bicyclic) bond motifs is 1. The summed E-state index contributed by atoms with van der Waals surface area (Å²) in [5.41, 5.74) is 3.41. The molecule has 174 valence electrons. The third-order valence-corrected chi connectivity index (χ3v) is 7.29. The summed E-state index contributed by atoms with van der Waals surface area (Å²) >= 11 is 12.1. The van der Waals surface area contributed by atoms with Crippen molar-refractivity contribution in [2.75, 3.05) is 44.1 Å². The van der Waals surface area contributed by atoms with Gasteiger partial charge in [0, 0.05) is 43.2 Å². The highest BCUT2D eigenvalue weighted by molar-refractivity contribution is 7.90. The van der Waals surface area contributed by atoms with Crippen molar-refractivity contribution < 1.29 is 13.2 Å². The molecule has 0 saturated carbocycles. The maximum absolute atomic E-state index is 11.4. The van der Waals surface area contributed by atoms with Crippen molar-refractivity contribution in [2.24, 2.45) is 5.92 Å². The average Bonchev–Trinajstić information content (AvgIpc) is 3.16. The second kappa shape index (κ2) is 9.94. The molecule has 2 heterocycles. The number of likely N-dealkylation sites (tertiary alicyclic amines) is 1. The van der Waals surface area contributed by atoms with Crippen LogP contribution in [0.3, 0.4) is 0 Å². The fourth-order valence-corrected chi connectivity index (χ4v) is 5.73. The summed E-state index contributed by atoms with van der Waals surface area (Å²) in [5, 5.41) is 1.49. The Morgan fingerprint density at radius 3 is 2.70 bits per heavy atom. The smallest absolute Gasteiger partial charge is 0.231 e. The largest absolute Gasteiger partial charge is 0.502 e. The minimum atomic E-state index is -2.90. The van der Waals surface area contributed by atoms with E-state index in [1.54, 1.807) is 12.1 Å². The summed E-state index contributed by atoms with van der Waals surface area (Å²) in [7, 11) is -2.90. The molecule has 1 fully saturated rings. The highest BCUT2D eigenvalue weighted by Gasteiger charge is 2.28. The zero-order chi connectivity index (χ0) is 23.6. The van der Waals surface area contributed by atoms with Crippen LogP contribution >= 0.6 is 23.2 Å². The fraction of sp³-hybridized carbons (Fsp3) is 0.375. The second-order valence-corrected chi connectivity index (χ2v) is 11.4. The van der Waals surface area contributed by atoms with Gasteiger partial charge in [0.15, 0.2) is 0 Å². The summed E-state index contributed by atoms with van der Waals surface area (Å²) in [4.78, 5) is 5.87. The zero-order valence-electron chi connectivity index (χ0n) is 18.3. The molecule has 0 unspecified atom stereocenters. The summed E-state index contributed by atoms with van der Waals surface area (Å²) in [5.74, 6) is 1.22. The van der Waals surface area contributed by atoms with Gasteiger partial charge < -0.3 is 14.2 Å². The lowest BCUT2D eigenvalue weighted by atomic mass is 10.0. The summed E-state index contributed by atoms with van der Waals surface area (Å²) in [6.07, 6.45) is 4.18. The third kappa shape index (κ3) is 5.64. The van der Waals surface area contributed by atoms with Gasteiger partial charge in [0.2, 0.25) is 5.69 Å². The monoisotopic (exact) mass is 505 g/mol. The topological polar surface area (TPSA) is 55.9 Å². The van der Waals surface area contributed by atoms with Crippen molar-refractivity contribution in [1.29, 1.82) is 0 Å². The first-order valence-electron chi connectivity index (χ1n) is 10.7. The Labute approximate surface area is 204 Å². The van der Waals surface area contributed by atoms with Gasteiger partial charge in [-0.1, -0.05) is 17.7 Å². The van der Waals surface area contributed by atoms with Crippen molar-refractivity contribution >= 4 is 49.6 Å². The van der Waals surface area contributed by atoms with E-state index in [4.69, 9.17) is 34.5 Å². The second-order valence-electron chi connectivity index (χ2n) is 8.47. The van der Waals surface area contributed by atoms with E-state index in [1.807, 2.05) is 16.8 Å². The van der Waals surface area contributed by atoms with Gasteiger partial charge in [0.05, 0.1) is 35.4 Å². The van der Waals surface area contributed by atoms with Gasteiger partial charge in [-0.3, -0.25) is 0 Å². The highest BCUT2D eigenvalue weighted by atomic mass is 35.5. The molecule has 0 atom stereocenters. The van der Waals surface area contributed by atoms with Gasteiger partial charge >= 0.3 is 0 Å². The fourth-order valence-electron chi connectivity index (χ4n) is 4.32. The third-order valence-electron chi connectivity index (χ3n) is 5.77. The number of hydrogen-bond donors (Lipinski definition) is 0. The van der Waals surface area contributed by atoms with E-state index < -0.39 is 9.84 Å². The molecule has 6 nitrogen and oxygen atoms in total. The molecule has 0 radical (unpaired) electrons. The van der Waals surface area contributed by atoms with Crippen molar-refractivity contribution in [3.05, 3.63) is 64.6 Å². The number of halogens is 2. The predicted molar refractivity (Wildman–Crippen MR) is 134 cm³/mol. The lowest BCUT2D eigenvalue weighted by Crippen LogP contribution is -2.49. The van der Waals surface area contributed by atoms with Crippen LogP contribution in [0.2, 0.25) is 5.02 Å². The molecule has 0 bridgehead atoms. The van der Waals surface area contributed by atoms with Gasteiger partial charge in [0.25, 0.3) is 0 Å². The van der Waals surface area contributed by atoms with E-state index in [0.717, 1.165) is 42.6 Å². The molecule has 1 aromatic heterocycles. The van der Waals surface area contributed by atoms with E-state index in [1.165, 1.54) is 11.8 Å². The molecule has 4 rings (SSSR count). The molecule has 0 N–H and O–H groups in total. The van der Waals surface area contributed by atoms with Crippen molar-refractivity contribution in [3.8, 4) is 11.4 Å². The molecular weight excluding hydrogens is 481 g/mol. The van der Waals surface area contributed by atoms with Crippen LogP contribution in [-0.2, 0) is 16.3 Å². The maximum atomic E-state index is 11.4. The quantitative estimate of drug-likeness (QED) is 0.304. The van der Waals surface area contributed by atoms with Crippen LogP contribution in [-0.4, -0.2) is 62.0 Å². The number of rotatable bonds is 9. The molecule has 1 saturated heterocycles. The molecule has 3 aromatic rings. The number of benzene rings is 2. The van der Waals surface area contributed by atoms with E-state index in [2.05, 4.69) is 27.9 Å². The first-order valence-corrected chi connectivity index (χ1v) is 13.6. The Kier molecular flexibility index (Phi) is 7.20. The van der Waals surface area contributed by atoms with Crippen LogP contribution in [0.4, 0.5) is 5.69 Å². The first-order chi connectivity index (χ1) is 15.8.